The minimum Gasteiger partial charge on any atom is -0.384 e. The highest BCUT2D eigenvalue weighted by molar-refractivity contribution is 5.99. The lowest BCUT2D eigenvalue weighted by Gasteiger charge is -1.99. The molecule has 0 fully saturated rings. The number of hydrogen-bond acceptors (Lipinski definition) is 2. The predicted molar refractivity (Wildman–Crippen MR) is 56.6 cm³/mol. The van der Waals surface area contributed by atoms with E-state index in [2.05, 4.69) is 4.99 Å². The van der Waals surface area contributed by atoms with Crippen molar-refractivity contribution in [2.75, 3.05) is 0 Å². The maximum atomic E-state index is 5.58. The van der Waals surface area contributed by atoms with Crippen molar-refractivity contribution in [2.45, 2.75) is 13.8 Å². The largest absolute Gasteiger partial charge is 0.384 e. The minimum atomic E-state index is 0.557. The molecule has 0 aliphatic heterocycles. The lowest BCUT2D eigenvalue weighted by Crippen LogP contribution is -1.99. The van der Waals surface area contributed by atoms with Gasteiger partial charge in [0.05, 0.1) is 0 Å². The predicted octanol–water partition coefficient (Wildman–Crippen LogP) is 2.32. The Balaban J connectivity index is 2.92. The van der Waals surface area contributed by atoms with Gasteiger partial charge in [0.2, 0.25) is 0 Å². The Kier molecular flexibility index (Phi) is 3.26. The summed E-state index contributed by atoms with van der Waals surface area (Å²) in [7, 11) is 0. The Morgan fingerprint density at radius 2 is 1.92 bits per heavy atom. The summed E-state index contributed by atoms with van der Waals surface area (Å²) < 4.78 is 0. The zero-order chi connectivity index (χ0) is 9.68. The number of benzene rings is 1. The van der Waals surface area contributed by atoms with Crippen molar-refractivity contribution in [2.24, 2.45) is 10.7 Å². The first-order valence-electron chi connectivity index (χ1n) is 4.26. The van der Waals surface area contributed by atoms with E-state index >= 15 is 0 Å². The summed E-state index contributed by atoms with van der Waals surface area (Å²) in [5.41, 5.74) is 7.63. The SMILES string of the molecule is C/C=C(N)\N=C(/C)c1ccccc1. The Labute approximate surface area is 78.8 Å². The van der Waals surface area contributed by atoms with Gasteiger partial charge in [-0.3, -0.25) is 0 Å². The van der Waals surface area contributed by atoms with Crippen LogP contribution in [0.5, 0.6) is 0 Å². The molecule has 0 aliphatic carbocycles. The Bertz CT molecular complexity index is 323. The van der Waals surface area contributed by atoms with Crippen molar-refractivity contribution in [3.63, 3.8) is 0 Å². The molecule has 2 N–H and O–H groups in total. The van der Waals surface area contributed by atoms with E-state index in [-0.39, 0.29) is 0 Å². The summed E-state index contributed by atoms with van der Waals surface area (Å²) in [6.45, 7) is 3.82. The normalized spacial score (nSPS) is 13.1. The molecule has 0 saturated carbocycles. The average Bonchev–Trinajstić information content (AvgIpc) is 2.19. The summed E-state index contributed by atoms with van der Waals surface area (Å²) in [4.78, 5) is 4.22. The monoisotopic (exact) mass is 174 g/mol. The molecule has 1 aromatic rings. The number of allylic oxidation sites excluding steroid dienone is 1. The molecule has 0 heterocycles. The van der Waals surface area contributed by atoms with Gasteiger partial charge in [-0.05, 0) is 25.5 Å². The van der Waals surface area contributed by atoms with Gasteiger partial charge in [0.15, 0.2) is 0 Å². The first-order valence-corrected chi connectivity index (χ1v) is 4.26. The second-order valence-corrected chi connectivity index (χ2v) is 2.78. The fourth-order valence-corrected chi connectivity index (χ4v) is 1.00. The molecule has 13 heavy (non-hydrogen) atoms. The van der Waals surface area contributed by atoms with Crippen LogP contribution in [0.4, 0.5) is 0 Å². The molecular weight excluding hydrogens is 160 g/mol. The Morgan fingerprint density at radius 1 is 1.31 bits per heavy atom. The molecular formula is C11H14N2. The molecule has 0 aliphatic rings. The van der Waals surface area contributed by atoms with Crippen LogP contribution in [0.3, 0.4) is 0 Å². The molecule has 1 rings (SSSR count). The molecule has 0 bridgehead atoms. The van der Waals surface area contributed by atoms with Crippen molar-refractivity contribution in [1.82, 2.24) is 0 Å². The lowest BCUT2D eigenvalue weighted by atomic mass is 10.1. The molecule has 0 aromatic heterocycles. The fourth-order valence-electron chi connectivity index (χ4n) is 1.00. The van der Waals surface area contributed by atoms with E-state index in [9.17, 15) is 0 Å². The molecule has 68 valence electrons. The molecule has 0 radical (unpaired) electrons. The highest BCUT2D eigenvalue weighted by Crippen LogP contribution is 2.02. The number of nitrogens with two attached hydrogens (primary N) is 1. The average molecular weight is 174 g/mol. The third-order valence-corrected chi connectivity index (χ3v) is 1.78. The number of nitrogens with zero attached hydrogens (tertiary/aromatic N) is 1. The summed E-state index contributed by atoms with van der Waals surface area (Å²) in [5, 5.41) is 0. The van der Waals surface area contributed by atoms with E-state index in [0.29, 0.717) is 5.82 Å². The van der Waals surface area contributed by atoms with Crippen LogP contribution in [0.2, 0.25) is 0 Å². The first kappa shape index (κ1) is 9.52. The van der Waals surface area contributed by atoms with Crippen LogP contribution in [0.15, 0.2) is 47.2 Å². The van der Waals surface area contributed by atoms with E-state index in [1.165, 1.54) is 0 Å². The third-order valence-electron chi connectivity index (χ3n) is 1.78. The van der Waals surface area contributed by atoms with Gasteiger partial charge in [-0.1, -0.05) is 30.3 Å². The standard InChI is InChI=1S/C11H14N2/c1-3-11(12)13-9(2)10-7-5-4-6-8-10/h3-8H,12H2,1-2H3/b11-3-,13-9+. The van der Waals surface area contributed by atoms with E-state index in [4.69, 9.17) is 5.73 Å². The summed E-state index contributed by atoms with van der Waals surface area (Å²) in [5.74, 6) is 0.557. The molecule has 2 nitrogen and oxygen atoms in total. The summed E-state index contributed by atoms with van der Waals surface area (Å²) >= 11 is 0. The fraction of sp³-hybridized carbons (Fsp3) is 0.182. The van der Waals surface area contributed by atoms with Crippen molar-refractivity contribution in [1.29, 1.82) is 0 Å². The van der Waals surface area contributed by atoms with E-state index < -0.39 is 0 Å². The second-order valence-electron chi connectivity index (χ2n) is 2.78. The number of aliphatic imine (C=N–C) groups is 1. The Hall–Kier alpha value is -1.57. The Morgan fingerprint density at radius 3 is 2.46 bits per heavy atom. The maximum absolute atomic E-state index is 5.58. The molecule has 0 spiro atoms. The van der Waals surface area contributed by atoms with Gasteiger partial charge in [-0.15, -0.1) is 0 Å². The van der Waals surface area contributed by atoms with Crippen LogP contribution in [0, 0.1) is 0 Å². The van der Waals surface area contributed by atoms with Gasteiger partial charge >= 0.3 is 0 Å². The topological polar surface area (TPSA) is 38.4 Å². The van der Waals surface area contributed by atoms with Crippen LogP contribution < -0.4 is 5.73 Å². The van der Waals surface area contributed by atoms with Crippen LogP contribution in [-0.2, 0) is 0 Å². The van der Waals surface area contributed by atoms with Gasteiger partial charge in [0.1, 0.15) is 5.82 Å². The van der Waals surface area contributed by atoms with Crippen LogP contribution in [-0.4, -0.2) is 5.71 Å². The molecule has 0 atom stereocenters. The molecule has 1 aromatic carbocycles. The van der Waals surface area contributed by atoms with Gasteiger partial charge in [-0.2, -0.15) is 0 Å². The minimum absolute atomic E-state index is 0.557. The number of rotatable bonds is 2. The molecule has 0 saturated heterocycles. The van der Waals surface area contributed by atoms with Crippen LogP contribution in [0.25, 0.3) is 0 Å². The van der Waals surface area contributed by atoms with Gasteiger partial charge in [0.25, 0.3) is 0 Å². The van der Waals surface area contributed by atoms with Crippen molar-refractivity contribution >= 4 is 5.71 Å². The highest BCUT2D eigenvalue weighted by atomic mass is 14.9. The van der Waals surface area contributed by atoms with Crippen molar-refractivity contribution in [3.8, 4) is 0 Å². The van der Waals surface area contributed by atoms with Crippen LogP contribution >= 0.6 is 0 Å². The van der Waals surface area contributed by atoms with E-state index in [1.54, 1.807) is 6.08 Å². The van der Waals surface area contributed by atoms with Gasteiger partial charge in [0, 0.05) is 5.71 Å². The van der Waals surface area contributed by atoms with Crippen molar-refractivity contribution < 1.29 is 0 Å². The highest BCUT2D eigenvalue weighted by Gasteiger charge is 1.94. The summed E-state index contributed by atoms with van der Waals surface area (Å²) in [6.07, 6.45) is 1.78. The quantitative estimate of drug-likeness (QED) is 0.686. The molecule has 0 amide bonds. The van der Waals surface area contributed by atoms with E-state index in [0.717, 1.165) is 11.3 Å². The summed E-state index contributed by atoms with van der Waals surface area (Å²) in [6, 6.07) is 9.99. The van der Waals surface area contributed by atoms with Crippen LogP contribution in [0.1, 0.15) is 19.4 Å². The third kappa shape index (κ3) is 2.75. The second kappa shape index (κ2) is 4.45. The van der Waals surface area contributed by atoms with Gasteiger partial charge in [-0.25, -0.2) is 4.99 Å². The lowest BCUT2D eigenvalue weighted by molar-refractivity contribution is 1.22. The molecule has 2 heteroatoms. The van der Waals surface area contributed by atoms with Gasteiger partial charge < -0.3 is 5.73 Å². The zero-order valence-electron chi connectivity index (χ0n) is 7.99. The van der Waals surface area contributed by atoms with Crippen molar-refractivity contribution in [3.05, 3.63) is 47.8 Å². The zero-order valence-corrected chi connectivity index (χ0v) is 7.99. The van der Waals surface area contributed by atoms with E-state index in [1.807, 2.05) is 44.2 Å². The number of hydrogen-bond donors (Lipinski definition) is 1. The maximum Gasteiger partial charge on any atom is 0.119 e. The first-order chi connectivity index (χ1) is 6.24. The molecule has 0 unspecified atom stereocenters. The smallest absolute Gasteiger partial charge is 0.119 e.